The van der Waals surface area contributed by atoms with Gasteiger partial charge in [-0.2, -0.15) is 5.10 Å². The van der Waals surface area contributed by atoms with Crippen LogP contribution in [0.5, 0.6) is 0 Å². The molecule has 0 atom stereocenters. The fraction of sp³-hybridized carbons (Fsp3) is 0.308. The monoisotopic (exact) mass is 213 g/mol. The van der Waals surface area contributed by atoms with Gasteiger partial charge in [-0.1, -0.05) is 30.3 Å². The fourth-order valence-corrected chi connectivity index (χ4v) is 2.10. The Labute approximate surface area is 94.9 Å². The Bertz CT molecular complexity index is 509. The van der Waals surface area contributed by atoms with Gasteiger partial charge in [0.2, 0.25) is 0 Å². The minimum atomic E-state index is 0.624. The summed E-state index contributed by atoms with van der Waals surface area (Å²) in [6.45, 7) is 0. The summed E-state index contributed by atoms with van der Waals surface area (Å²) in [5, 5.41) is 4.54. The van der Waals surface area contributed by atoms with Crippen molar-refractivity contribution in [3.8, 4) is 11.1 Å². The van der Waals surface area contributed by atoms with Gasteiger partial charge in [-0.3, -0.25) is 4.68 Å². The van der Waals surface area contributed by atoms with E-state index in [2.05, 4.69) is 17.2 Å². The molecule has 1 fully saturated rings. The normalized spacial score (nSPS) is 15.3. The number of nitrogens with zero attached hydrogens (tertiary/aromatic N) is 2. The Morgan fingerprint density at radius 1 is 1.25 bits per heavy atom. The van der Waals surface area contributed by atoms with Crippen LogP contribution in [0.25, 0.3) is 11.1 Å². The molecule has 0 spiro atoms. The molecule has 2 N–H and O–H groups in total. The summed E-state index contributed by atoms with van der Waals surface area (Å²) in [4.78, 5) is 0. The molecule has 1 heterocycles. The van der Waals surface area contributed by atoms with E-state index in [0.29, 0.717) is 5.92 Å². The summed E-state index contributed by atoms with van der Waals surface area (Å²) in [7, 11) is 1.91. The van der Waals surface area contributed by atoms with Crippen LogP contribution in [0.15, 0.2) is 30.3 Å². The van der Waals surface area contributed by atoms with Crippen LogP contribution in [0.3, 0.4) is 0 Å². The van der Waals surface area contributed by atoms with Crippen LogP contribution in [0, 0.1) is 0 Å². The molecule has 3 heteroatoms. The number of benzene rings is 1. The molecule has 1 aromatic heterocycles. The number of aromatic nitrogens is 2. The number of nitrogens with two attached hydrogens (primary N) is 1. The number of rotatable bonds is 2. The molecule has 3 nitrogen and oxygen atoms in total. The second-order valence-corrected chi connectivity index (χ2v) is 4.41. The summed E-state index contributed by atoms with van der Waals surface area (Å²) in [5.74, 6) is 1.40. The van der Waals surface area contributed by atoms with Crippen LogP contribution in [0.4, 0.5) is 5.82 Å². The van der Waals surface area contributed by atoms with Crippen LogP contribution in [0.2, 0.25) is 0 Å². The predicted octanol–water partition coefficient (Wildman–Crippen LogP) is 2.55. The summed E-state index contributed by atoms with van der Waals surface area (Å²) >= 11 is 0. The third-order valence-corrected chi connectivity index (χ3v) is 3.15. The highest BCUT2D eigenvalue weighted by Gasteiger charge is 2.31. The lowest BCUT2D eigenvalue weighted by atomic mass is 10.0. The van der Waals surface area contributed by atoms with Gasteiger partial charge in [0.25, 0.3) is 0 Å². The van der Waals surface area contributed by atoms with E-state index >= 15 is 0 Å². The zero-order chi connectivity index (χ0) is 11.1. The van der Waals surface area contributed by atoms with Gasteiger partial charge in [0, 0.05) is 18.5 Å². The lowest BCUT2D eigenvalue weighted by Crippen LogP contribution is -1.97. The van der Waals surface area contributed by atoms with Gasteiger partial charge >= 0.3 is 0 Å². The Morgan fingerprint density at radius 3 is 2.56 bits per heavy atom. The number of hydrogen-bond acceptors (Lipinski definition) is 2. The number of hydrogen-bond donors (Lipinski definition) is 1. The Hall–Kier alpha value is -1.77. The molecule has 3 rings (SSSR count). The lowest BCUT2D eigenvalue weighted by molar-refractivity contribution is 0.753. The zero-order valence-corrected chi connectivity index (χ0v) is 9.35. The van der Waals surface area contributed by atoms with E-state index in [-0.39, 0.29) is 0 Å². The minimum absolute atomic E-state index is 0.624. The van der Waals surface area contributed by atoms with Crippen molar-refractivity contribution in [1.82, 2.24) is 9.78 Å². The summed E-state index contributed by atoms with van der Waals surface area (Å²) in [6, 6.07) is 10.3. The van der Waals surface area contributed by atoms with E-state index < -0.39 is 0 Å². The van der Waals surface area contributed by atoms with Gasteiger partial charge in [0.1, 0.15) is 5.82 Å². The summed E-state index contributed by atoms with van der Waals surface area (Å²) in [6.07, 6.45) is 2.49. The summed E-state index contributed by atoms with van der Waals surface area (Å²) in [5.41, 5.74) is 9.58. The molecule has 0 unspecified atom stereocenters. The maximum absolute atomic E-state index is 6.10. The lowest BCUT2D eigenvalue weighted by Gasteiger charge is -2.02. The second-order valence-electron chi connectivity index (χ2n) is 4.41. The van der Waals surface area contributed by atoms with Crippen molar-refractivity contribution in [3.63, 3.8) is 0 Å². The first-order valence-electron chi connectivity index (χ1n) is 5.65. The maximum Gasteiger partial charge on any atom is 0.129 e. The number of anilines is 1. The van der Waals surface area contributed by atoms with Crippen molar-refractivity contribution in [3.05, 3.63) is 36.0 Å². The molecule has 82 valence electrons. The van der Waals surface area contributed by atoms with Crippen molar-refractivity contribution >= 4 is 5.82 Å². The standard InChI is InChI=1S/C13H15N3/c1-16-13(14)11(9-5-3-2-4-6-9)12(15-16)10-7-8-10/h2-6,10H,7-8,14H2,1H3. The highest BCUT2D eigenvalue weighted by Crippen LogP contribution is 2.45. The van der Waals surface area contributed by atoms with Crippen LogP contribution in [0.1, 0.15) is 24.5 Å². The maximum atomic E-state index is 6.10. The molecular formula is C13H15N3. The first kappa shape index (κ1) is 9.46. The molecule has 2 aromatic rings. The van der Waals surface area contributed by atoms with Gasteiger partial charge in [0.15, 0.2) is 0 Å². The average Bonchev–Trinajstić information content (AvgIpc) is 3.09. The van der Waals surface area contributed by atoms with Crippen molar-refractivity contribution < 1.29 is 0 Å². The van der Waals surface area contributed by atoms with Crippen molar-refractivity contribution in [2.45, 2.75) is 18.8 Å². The molecule has 0 radical (unpaired) electrons. The fourth-order valence-electron chi connectivity index (χ4n) is 2.10. The quantitative estimate of drug-likeness (QED) is 0.833. The molecule has 1 saturated carbocycles. The smallest absolute Gasteiger partial charge is 0.129 e. The molecule has 1 aromatic carbocycles. The molecule has 1 aliphatic rings. The average molecular weight is 213 g/mol. The number of aryl methyl sites for hydroxylation is 1. The van der Waals surface area contributed by atoms with Crippen LogP contribution >= 0.6 is 0 Å². The van der Waals surface area contributed by atoms with Crippen LogP contribution in [-0.2, 0) is 7.05 Å². The van der Waals surface area contributed by atoms with E-state index in [0.717, 1.165) is 11.4 Å². The molecule has 0 aliphatic heterocycles. The zero-order valence-electron chi connectivity index (χ0n) is 9.35. The van der Waals surface area contributed by atoms with Gasteiger partial charge in [-0.15, -0.1) is 0 Å². The largest absolute Gasteiger partial charge is 0.383 e. The van der Waals surface area contributed by atoms with Gasteiger partial charge in [-0.25, -0.2) is 0 Å². The van der Waals surface area contributed by atoms with E-state index in [1.165, 1.54) is 24.1 Å². The van der Waals surface area contributed by atoms with Crippen LogP contribution < -0.4 is 5.73 Å². The van der Waals surface area contributed by atoms with E-state index in [1.807, 2.05) is 25.2 Å². The number of nitrogen functional groups attached to an aromatic ring is 1. The Morgan fingerprint density at radius 2 is 1.94 bits per heavy atom. The second kappa shape index (κ2) is 3.37. The van der Waals surface area contributed by atoms with Crippen molar-refractivity contribution in [1.29, 1.82) is 0 Å². The molecule has 16 heavy (non-hydrogen) atoms. The molecule has 0 bridgehead atoms. The van der Waals surface area contributed by atoms with Gasteiger partial charge in [-0.05, 0) is 18.4 Å². The molecular weight excluding hydrogens is 198 g/mol. The third-order valence-electron chi connectivity index (χ3n) is 3.15. The highest BCUT2D eigenvalue weighted by molar-refractivity contribution is 5.77. The SMILES string of the molecule is Cn1nc(C2CC2)c(-c2ccccc2)c1N. The van der Waals surface area contributed by atoms with E-state index in [4.69, 9.17) is 5.73 Å². The van der Waals surface area contributed by atoms with E-state index in [1.54, 1.807) is 4.68 Å². The summed E-state index contributed by atoms with van der Waals surface area (Å²) < 4.78 is 1.79. The first-order valence-corrected chi connectivity index (χ1v) is 5.65. The molecule has 0 amide bonds. The highest BCUT2D eigenvalue weighted by atomic mass is 15.3. The molecule has 0 saturated heterocycles. The van der Waals surface area contributed by atoms with Gasteiger partial charge < -0.3 is 5.73 Å². The third kappa shape index (κ3) is 1.40. The van der Waals surface area contributed by atoms with Gasteiger partial charge in [0.05, 0.1) is 5.69 Å². The Kier molecular flexibility index (Phi) is 1.99. The minimum Gasteiger partial charge on any atom is -0.383 e. The van der Waals surface area contributed by atoms with E-state index in [9.17, 15) is 0 Å². The topological polar surface area (TPSA) is 43.8 Å². The predicted molar refractivity (Wildman–Crippen MR) is 65.0 cm³/mol. The van der Waals surface area contributed by atoms with Crippen molar-refractivity contribution in [2.75, 3.05) is 5.73 Å². The molecule has 1 aliphatic carbocycles. The van der Waals surface area contributed by atoms with Crippen LogP contribution in [-0.4, -0.2) is 9.78 Å². The first-order chi connectivity index (χ1) is 7.77. The van der Waals surface area contributed by atoms with Crippen molar-refractivity contribution in [2.24, 2.45) is 7.05 Å². The Balaban J connectivity index is 2.18.